The van der Waals surface area contributed by atoms with E-state index in [9.17, 15) is 4.79 Å². The maximum absolute atomic E-state index is 12.0. The fourth-order valence-corrected chi connectivity index (χ4v) is 3.15. The largest absolute Gasteiger partial charge is 0.371 e. The van der Waals surface area contributed by atoms with Gasteiger partial charge in [-0.1, -0.05) is 44.2 Å². The predicted octanol–water partition coefficient (Wildman–Crippen LogP) is 4.71. The second-order valence-corrected chi connectivity index (χ2v) is 7.11. The molecule has 4 nitrogen and oxygen atoms in total. The number of fused-ring (bicyclic) bond motifs is 1. The molecule has 0 bridgehead atoms. The Kier molecular flexibility index (Phi) is 4.33. The highest BCUT2D eigenvalue weighted by atomic mass is 16.1. The van der Waals surface area contributed by atoms with Crippen LogP contribution in [0.15, 0.2) is 54.6 Å². The second kappa shape index (κ2) is 6.79. The first kappa shape index (κ1) is 16.6. The molecule has 0 spiro atoms. The van der Waals surface area contributed by atoms with Crippen LogP contribution >= 0.6 is 0 Å². The monoisotopic (exact) mass is 345 g/mol. The molecule has 1 saturated heterocycles. The average Bonchev–Trinajstić information content (AvgIpc) is 2.61. The number of nitrogens with zero attached hydrogens (tertiary/aromatic N) is 2. The van der Waals surface area contributed by atoms with Gasteiger partial charge in [-0.05, 0) is 30.7 Å². The zero-order valence-corrected chi connectivity index (χ0v) is 15.2. The van der Waals surface area contributed by atoms with Crippen LogP contribution in [0.3, 0.4) is 0 Å². The van der Waals surface area contributed by atoms with Crippen molar-refractivity contribution in [2.45, 2.75) is 20.3 Å². The standard InChI is InChI=1S/C22H23N3O/c1-15(2)22(26)23-17-9-10-19-18(13-17)21(25-11-6-12-25)14-20(24-19)16-7-4-3-5-8-16/h3-5,7-10,13-15H,6,11-12H2,1-2H3,(H,23,26). The van der Waals surface area contributed by atoms with E-state index in [2.05, 4.69) is 28.4 Å². The first-order chi connectivity index (χ1) is 12.6. The van der Waals surface area contributed by atoms with Crippen molar-refractivity contribution in [3.63, 3.8) is 0 Å². The van der Waals surface area contributed by atoms with E-state index in [1.807, 2.05) is 50.2 Å². The molecule has 132 valence electrons. The number of carbonyl (C=O) groups excluding carboxylic acids is 1. The van der Waals surface area contributed by atoms with Gasteiger partial charge < -0.3 is 10.2 Å². The minimum atomic E-state index is -0.0425. The molecule has 0 saturated carbocycles. The minimum Gasteiger partial charge on any atom is -0.371 e. The normalized spacial score (nSPS) is 13.7. The van der Waals surface area contributed by atoms with E-state index in [4.69, 9.17) is 4.98 Å². The Labute approximate surface area is 153 Å². The molecule has 3 aromatic rings. The summed E-state index contributed by atoms with van der Waals surface area (Å²) in [6.45, 7) is 5.93. The number of carbonyl (C=O) groups is 1. The van der Waals surface area contributed by atoms with E-state index in [1.165, 1.54) is 12.1 Å². The van der Waals surface area contributed by atoms with Crippen LogP contribution in [-0.2, 0) is 4.79 Å². The number of hydrogen-bond donors (Lipinski definition) is 1. The predicted molar refractivity (Wildman–Crippen MR) is 107 cm³/mol. The Hall–Kier alpha value is -2.88. The molecule has 1 aliphatic heterocycles. The van der Waals surface area contributed by atoms with Crippen molar-refractivity contribution in [1.29, 1.82) is 0 Å². The third-order valence-electron chi connectivity index (χ3n) is 4.85. The zero-order valence-electron chi connectivity index (χ0n) is 15.2. The summed E-state index contributed by atoms with van der Waals surface area (Å²) in [5.41, 5.74) is 5.08. The number of nitrogens with one attached hydrogen (secondary N) is 1. The molecule has 1 aliphatic rings. The highest BCUT2D eigenvalue weighted by Crippen LogP contribution is 2.34. The fourth-order valence-electron chi connectivity index (χ4n) is 3.15. The van der Waals surface area contributed by atoms with Gasteiger partial charge in [0.15, 0.2) is 0 Å². The molecule has 1 amide bonds. The molecule has 0 unspecified atom stereocenters. The minimum absolute atomic E-state index is 0.0312. The summed E-state index contributed by atoms with van der Waals surface area (Å²) in [5.74, 6) is -0.0113. The van der Waals surface area contributed by atoms with Gasteiger partial charge in [0, 0.05) is 41.3 Å². The van der Waals surface area contributed by atoms with Gasteiger partial charge in [-0.2, -0.15) is 0 Å². The molecular formula is C22H23N3O. The van der Waals surface area contributed by atoms with E-state index in [-0.39, 0.29) is 11.8 Å². The van der Waals surface area contributed by atoms with E-state index >= 15 is 0 Å². The first-order valence-corrected chi connectivity index (χ1v) is 9.18. The van der Waals surface area contributed by atoms with Gasteiger partial charge in [0.25, 0.3) is 0 Å². The van der Waals surface area contributed by atoms with Crippen molar-refractivity contribution >= 4 is 28.2 Å². The molecule has 1 N–H and O–H groups in total. The topological polar surface area (TPSA) is 45.2 Å². The lowest BCUT2D eigenvalue weighted by Crippen LogP contribution is -2.37. The Morgan fingerprint density at radius 3 is 2.50 bits per heavy atom. The average molecular weight is 345 g/mol. The quantitative estimate of drug-likeness (QED) is 0.745. The third kappa shape index (κ3) is 3.15. The highest BCUT2D eigenvalue weighted by molar-refractivity contribution is 5.99. The summed E-state index contributed by atoms with van der Waals surface area (Å²) in [6, 6.07) is 18.4. The van der Waals surface area contributed by atoms with Crippen LogP contribution in [0.1, 0.15) is 20.3 Å². The van der Waals surface area contributed by atoms with Gasteiger partial charge in [0.05, 0.1) is 11.2 Å². The lowest BCUT2D eigenvalue weighted by atomic mass is 10.0. The van der Waals surface area contributed by atoms with Crippen molar-refractivity contribution in [1.82, 2.24) is 4.98 Å². The summed E-state index contributed by atoms with van der Waals surface area (Å²) in [4.78, 5) is 19.3. The summed E-state index contributed by atoms with van der Waals surface area (Å²) in [6.07, 6.45) is 1.22. The lowest BCUT2D eigenvalue weighted by Gasteiger charge is -2.34. The molecule has 26 heavy (non-hydrogen) atoms. The number of anilines is 2. The van der Waals surface area contributed by atoms with Crippen molar-refractivity contribution in [2.75, 3.05) is 23.3 Å². The van der Waals surface area contributed by atoms with Crippen molar-refractivity contribution in [3.05, 3.63) is 54.6 Å². The maximum Gasteiger partial charge on any atom is 0.226 e. The molecule has 1 fully saturated rings. The maximum atomic E-state index is 12.0. The molecule has 4 rings (SSSR count). The Morgan fingerprint density at radius 1 is 1.08 bits per heavy atom. The molecule has 2 aromatic carbocycles. The third-order valence-corrected chi connectivity index (χ3v) is 4.85. The van der Waals surface area contributed by atoms with Crippen LogP contribution in [0.4, 0.5) is 11.4 Å². The number of pyridine rings is 1. The van der Waals surface area contributed by atoms with E-state index in [0.29, 0.717) is 0 Å². The van der Waals surface area contributed by atoms with Crippen LogP contribution in [0.2, 0.25) is 0 Å². The van der Waals surface area contributed by atoms with Gasteiger partial charge >= 0.3 is 0 Å². The van der Waals surface area contributed by atoms with Crippen LogP contribution < -0.4 is 10.2 Å². The van der Waals surface area contributed by atoms with E-state index in [0.717, 1.165) is 40.9 Å². The lowest BCUT2D eigenvalue weighted by molar-refractivity contribution is -0.118. The molecule has 0 atom stereocenters. The van der Waals surface area contributed by atoms with Crippen molar-refractivity contribution in [2.24, 2.45) is 5.92 Å². The number of amides is 1. The van der Waals surface area contributed by atoms with Gasteiger partial charge in [-0.25, -0.2) is 4.98 Å². The zero-order chi connectivity index (χ0) is 18.1. The van der Waals surface area contributed by atoms with Crippen LogP contribution in [-0.4, -0.2) is 24.0 Å². The molecule has 4 heteroatoms. The molecular weight excluding hydrogens is 322 g/mol. The molecule has 0 aliphatic carbocycles. The van der Waals surface area contributed by atoms with E-state index in [1.54, 1.807) is 0 Å². The Bertz CT molecular complexity index is 946. The summed E-state index contributed by atoms with van der Waals surface area (Å²) < 4.78 is 0. The van der Waals surface area contributed by atoms with Crippen molar-refractivity contribution in [3.8, 4) is 11.3 Å². The van der Waals surface area contributed by atoms with Crippen molar-refractivity contribution < 1.29 is 4.79 Å². The summed E-state index contributed by atoms with van der Waals surface area (Å²) in [7, 11) is 0. The Morgan fingerprint density at radius 2 is 1.85 bits per heavy atom. The van der Waals surface area contributed by atoms with E-state index < -0.39 is 0 Å². The molecule has 2 heterocycles. The summed E-state index contributed by atoms with van der Waals surface area (Å²) in [5, 5.41) is 4.09. The van der Waals surface area contributed by atoms with Crippen LogP contribution in [0.25, 0.3) is 22.2 Å². The van der Waals surface area contributed by atoms with Gasteiger partial charge in [0.1, 0.15) is 0 Å². The van der Waals surface area contributed by atoms with Crippen LogP contribution in [0.5, 0.6) is 0 Å². The number of benzene rings is 2. The van der Waals surface area contributed by atoms with Gasteiger partial charge in [0.2, 0.25) is 5.91 Å². The fraction of sp³-hybridized carbons (Fsp3) is 0.273. The second-order valence-electron chi connectivity index (χ2n) is 7.11. The molecule has 0 radical (unpaired) electrons. The molecule has 1 aromatic heterocycles. The smallest absolute Gasteiger partial charge is 0.226 e. The van der Waals surface area contributed by atoms with Gasteiger partial charge in [-0.15, -0.1) is 0 Å². The summed E-state index contributed by atoms with van der Waals surface area (Å²) >= 11 is 0. The number of aromatic nitrogens is 1. The number of rotatable bonds is 4. The van der Waals surface area contributed by atoms with Crippen LogP contribution in [0, 0.1) is 5.92 Å². The SMILES string of the molecule is CC(C)C(=O)Nc1ccc2nc(-c3ccccc3)cc(N3CCC3)c2c1. The Balaban J connectivity index is 1.81. The number of hydrogen-bond acceptors (Lipinski definition) is 3. The van der Waals surface area contributed by atoms with Gasteiger partial charge in [-0.3, -0.25) is 4.79 Å². The highest BCUT2D eigenvalue weighted by Gasteiger charge is 2.19. The first-order valence-electron chi connectivity index (χ1n) is 9.18.